The van der Waals surface area contributed by atoms with Crippen molar-refractivity contribution in [2.24, 2.45) is 4.99 Å². The van der Waals surface area contributed by atoms with E-state index in [2.05, 4.69) is 15.6 Å². The second-order valence-electron chi connectivity index (χ2n) is 6.40. The van der Waals surface area contributed by atoms with Crippen LogP contribution in [0.5, 0.6) is 5.75 Å². The normalized spacial score (nSPS) is 11.3. The summed E-state index contributed by atoms with van der Waals surface area (Å²) in [6.07, 6.45) is 0. The molecule has 0 aromatic heterocycles. The molecule has 0 bridgehead atoms. The smallest absolute Gasteiger partial charge is 0.239 e. The maximum Gasteiger partial charge on any atom is 0.239 e. The summed E-state index contributed by atoms with van der Waals surface area (Å²) in [5.74, 6) is 1.44. The first-order chi connectivity index (χ1) is 10.7. The first-order valence-electron chi connectivity index (χ1n) is 7.61. The Morgan fingerprint density at radius 2 is 1.83 bits per heavy atom. The van der Waals surface area contributed by atoms with Gasteiger partial charge in [-0.3, -0.25) is 9.79 Å². The van der Waals surface area contributed by atoms with E-state index in [1.807, 2.05) is 57.0 Å². The van der Waals surface area contributed by atoms with Crippen LogP contribution >= 0.6 is 24.0 Å². The quantitative estimate of drug-likeness (QED) is 0.412. The number of hydrogen-bond acceptors (Lipinski definition) is 3. The molecule has 1 aromatic rings. The number of methoxy groups -OCH3 is 1. The summed E-state index contributed by atoms with van der Waals surface area (Å²) in [6, 6.07) is 7.87. The van der Waals surface area contributed by atoms with Gasteiger partial charge in [0.2, 0.25) is 5.91 Å². The van der Waals surface area contributed by atoms with E-state index < -0.39 is 0 Å². The van der Waals surface area contributed by atoms with Crippen molar-refractivity contribution in [3.05, 3.63) is 29.8 Å². The predicted octanol–water partition coefficient (Wildman–Crippen LogP) is 2.24. The summed E-state index contributed by atoms with van der Waals surface area (Å²) in [6.45, 7) is 6.74. The van der Waals surface area contributed by atoms with E-state index in [4.69, 9.17) is 4.74 Å². The van der Waals surface area contributed by atoms with Crippen LogP contribution in [0.3, 0.4) is 0 Å². The number of carbonyl (C=O) groups is 1. The third-order valence-corrected chi connectivity index (χ3v) is 3.07. The molecule has 0 unspecified atom stereocenters. The molecular formula is C17H29IN4O2. The molecule has 0 atom stereocenters. The summed E-state index contributed by atoms with van der Waals surface area (Å²) in [5, 5.41) is 5.98. The van der Waals surface area contributed by atoms with Gasteiger partial charge >= 0.3 is 0 Å². The Hall–Kier alpha value is -1.51. The number of halogens is 1. The van der Waals surface area contributed by atoms with E-state index in [9.17, 15) is 4.79 Å². The summed E-state index contributed by atoms with van der Waals surface area (Å²) in [7, 11) is 5.28. The van der Waals surface area contributed by atoms with E-state index in [1.54, 1.807) is 14.2 Å². The van der Waals surface area contributed by atoms with Gasteiger partial charge in [0, 0.05) is 26.2 Å². The molecule has 1 amide bonds. The SMILES string of the molecule is CN=C(NCC(=O)NC(C)(C)C)N(C)Cc1ccc(OC)cc1.I. The first kappa shape index (κ1) is 22.5. The molecule has 0 heterocycles. The third kappa shape index (κ3) is 8.37. The number of amides is 1. The largest absolute Gasteiger partial charge is 0.497 e. The standard InChI is InChI=1S/C17H28N4O2.HI/c1-17(2,3)20-15(22)11-19-16(18-4)21(5)12-13-7-9-14(23-6)10-8-13;/h7-10H,11-12H2,1-6H3,(H,18,19)(H,20,22);1H. The minimum Gasteiger partial charge on any atom is -0.497 e. The topological polar surface area (TPSA) is 66.0 Å². The van der Waals surface area contributed by atoms with Crippen molar-refractivity contribution in [3.63, 3.8) is 0 Å². The van der Waals surface area contributed by atoms with Crippen LogP contribution in [0, 0.1) is 0 Å². The highest BCUT2D eigenvalue weighted by Gasteiger charge is 2.14. The van der Waals surface area contributed by atoms with Crippen LogP contribution in [-0.4, -0.2) is 50.1 Å². The molecule has 6 nitrogen and oxygen atoms in total. The van der Waals surface area contributed by atoms with Crippen molar-refractivity contribution < 1.29 is 9.53 Å². The van der Waals surface area contributed by atoms with Gasteiger partial charge in [-0.15, -0.1) is 24.0 Å². The highest BCUT2D eigenvalue weighted by molar-refractivity contribution is 14.0. The van der Waals surface area contributed by atoms with Crippen LogP contribution in [0.2, 0.25) is 0 Å². The molecular weight excluding hydrogens is 419 g/mol. The number of ether oxygens (including phenoxy) is 1. The Kier molecular flexibility index (Phi) is 9.72. The maximum absolute atomic E-state index is 11.9. The van der Waals surface area contributed by atoms with Gasteiger partial charge in [-0.2, -0.15) is 0 Å². The Morgan fingerprint density at radius 3 is 2.29 bits per heavy atom. The molecule has 0 aliphatic carbocycles. The van der Waals surface area contributed by atoms with Gasteiger partial charge < -0.3 is 20.3 Å². The summed E-state index contributed by atoms with van der Waals surface area (Å²) >= 11 is 0. The minimum atomic E-state index is -0.239. The Balaban J connectivity index is 0.00000529. The number of aliphatic imine (C=N–C) groups is 1. The van der Waals surface area contributed by atoms with Crippen LogP contribution < -0.4 is 15.4 Å². The fourth-order valence-electron chi connectivity index (χ4n) is 2.09. The van der Waals surface area contributed by atoms with Crippen molar-refractivity contribution in [2.45, 2.75) is 32.9 Å². The van der Waals surface area contributed by atoms with Crippen LogP contribution in [0.25, 0.3) is 0 Å². The average Bonchev–Trinajstić information content (AvgIpc) is 2.46. The molecule has 0 saturated carbocycles. The molecule has 0 aliphatic rings. The lowest BCUT2D eigenvalue weighted by atomic mass is 10.1. The van der Waals surface area contributed by atoms with E-state index in [0.717, 1.165) is 11.3 Å². The van der Waals surface area contributed by atoms with Crippen LogP contribution in [0.15, 0.2) is 29.3 Å². The third-order valence-electron chi connectivity index (χ3n) is 3.07. The number of carbonyl (C=O) groups excluding carboxylic acids is 1. The molecule has 7 heteroatoms. The average molecular weight is 448 g/mol. The van der Waals surface area contributed by atoms with Crippen LogP contribution in [0.1, 0.15) is 26.3 Å². The second-order valence-corrected chi connectivity index (χ2v) is 6.40. The number of benzene rings is 1. The monoisotopic (exact) mass is 448 g/mol. The zero-order chi connectivity index (χ0) is 17.5. The predicted molar refractivity (Wildman–Crippen MR) is 109 cm³/mol. The molecule has 136 valence electrons. The zero-order valence-corrected chi connectivity index (χ0v) is 17.7. The van der Waals surface area contributed by atoms with E-state index in [0.29, 0.717) is 12.5 Å². The van der Waals surface area contributed by atoms with E-state index >= 15 is 0 Å². The number of guanidine groups is 1. The zero-order valence-electron chi connectivity index (χ0n) is 15.3. The van der Waals surface area contributed by atoms with Crippen molar-refractivity contribution in [1.29, 1.82) is 0 Å². The Morgan fingerprint density at radius 1 is 1.25 bits per heavy atom. The highest BCUT2D eigenvalue weighted by Crippen LogP contribution is 2.12. The number of nitrogens with zero attached hydrogens (tertiary/aromatic N) is 2. The molecule has 0 aliphatic heterocycles. The second kappa shape index (κ2) is 10.4. The van der Waals surface area contributed by atoms with Gasteiger partial charge in [0.05, 0.1) is 13.7 Å². The van der Waals surface area contributed by atoms with Gasteiger partial charge in [-0.25, -0.2) is 0 Å². The van der Waals surface area contributed by atoms with Crippen LogP contribution in [0.4, 0.5) is 0 Å². The van der Waals surface area contributed by atoms with Crippen molar-refractivity contribution >= 4 is 35.8 Å². The first-order valence-corrected chi connectivity index (χ1v) is 7.61. The Labute approximate surface area is 162 Å². The van der Waals surface area contributed by atoms with Crippen LogP contribution in [-0.2, 0) is 11.3 Å². The number of nitrogens with one attached hydrogen (secondary N) is 2. The van der Waals surface area contributed by atoms with Gasteiger partial charge in [-0.1, -0.05) is 12.1 Å². The molecule has 0 fully saturated rings. The molecule has 0 spiro atoms. The van der Waals surface area contributed by atoms with Gasteiger partial charge in [0.25, 0.3) is 0 Å². The van der Waals surface area contributed by atoms with E-state index in [-0.39, 0.29) is 42.0 Å². The fraction of sp³-hybridized carbons (Fsp3) is 0.529. The lowest BCUT2D eigenvalue weighted by Crippen LogP contribution is -2.48. The minimum absolute atomic E-state index is 0. The van der Waals surface area contributed by atoms with Crippen molar-refractivity contribution in [3.8, 4) is 5.75 Å². The lowest BCUT2D eigenvalue weighted by molar-refractivity contribution is -0.121. The summed E-state index contributed by atoms with van der Waals surface area (Å²) in [5.41, 5.74) is 0.896. The molecule has 1 rings (SSSR count). The fourth-order valence-corrected chi connectivity index (χ4v) is 2.09. The van der Waals surface area contributed by atoms with Crippen molar-refractivity contribution in [1.82, 2.24) is 15.5 Å². The van der Waals surface area contributed by atoms with Crippen molar-refractivity contribution in [2.75, 3.05) is 27.7 Å². The van der Waals surface area contributed by atoms with E-state index in [1.165, 1.54) is 0 Å². The molecule has 24 heavy (non-hydrogen) atoms. The maximum atomic E-state index is 11.9. The van der Waals surface area contributed by atoms with Gasteiger partial charge in [0.1, 0.15) is 5.75 Å². The lowest BCUT2D eigenvalue weighted by Gasteiger charge is -2.24. The summed E-state index contributed by atoms with van der Waals surface area (Å²) < 4.78 is 5.15. The van der Waals surface area contributed by atoms with Gasteiger partial charge in [-0.05, 0) is 38.5 Å². The van der Waals surface area contributed by atoms with Gasteiger partial charge in [0.15, 0.2) is 5.96 Å². The molecule has 2 N–H and O–H groups in total. The Bertz CT molecular complexity index is 539. The number of hydrogen-bond donors (Lipinski definition) is 2. The molecule has 1 aromatic carbocycles. The number of rotatable bonds is 5. The highest BCUT2D eigenvalue weighted by atomic mass is 127. The molecule has 0 saturated heterocycles. The summed E-state index contributed by atoms with van der Waals surface area (Å²) in [4.78, 5) is 18.0. The molecule has 0 radical (unpaired) electrons.